The summed E-state index contributed by atoms with van der Waals surface area (Å²) in [7, 11) is 1.17. The predicted octanol–water partition coefficient (Wildman–Crippen LogP) is -0.256. The zero-order chi connectivity index (χ0) is 42.4. The number of hydrogen-bond acceptors (Lipinski definition) is 12. The largest absolute Gasteiger partial charge is 0.468 e. The van der Waals surface area contributed by atoms with Crippen LogP contribution in [0.5, 0.6) is 0 Å². The van der Waals surface area contributed by atoms with E-state index in [-0.39, 0.29) is 32.3 Å². The van der Waals surface area contributed by atoms with Crippen LogP contribution in [0.2, 0.25) is 0 Å². The van der Waals surface area contributed by atoms with Gasteiger partial charge in [0.05, 0.1) is 20.3 Å². The summed E-state index contributed by atoms with van der Waals surface area (Å²) >= 11 is 0. The fourth-order valence-corrected chi connectivity index (χ4v) is 6.68. The molecule has 7 amide bonds. The van der Waals surface area contributed by atoms with E-state index in [0.717, 1.165) is 0 Å². The van der Waals surface area contributed by atoms with Gasteiger partial charge < -0.3 is 50.4 Å². The highest BCUT2D eigenvalue weighted by Gasteiger charge is 2.44. The molecule has 0 aromatic rings. The van der Waals surface area contributed by atoms with Crippen molar-refractivity contribution in [3.63, 3.8) is 0 Å². The van der Waals surface area contributed by atoms with Crippen molar-refractivity contribution in [1.82, 2.24) is 36.4 Å². The Kier molecular flexibility index (Phi) is 18.0. The number of amides is 7. The van der Waals surface area contributed by atoms with Crippen LogP contribution >= 0.6 is 0 Å². The minimum atomic E-state index is -1.25. The topological polar surface area (TPSA) is 240 Å². The van der Waals surface area contributed by atoms with Gasteiger partial charge in [-0.15, -0.1) is 0 Å². The molecule has 0 aliphatic carbocycles. The summed E-state index contributed by atoms with van der Waals surface area (Å²) in [6.07, 6.45) is 2.28. The first-order valence-electron chi connectivity index (χ1n) is 19.9. The van der Waals surface area contributed by atoms with Crippen LogP contribution in [0, 0.1) is 11.8 Å². The highest BCUT2D eigenvalue weighted by molar-refractivity contribution is 5.97. The number of nitrogens with one attached hydrogen (secondary N) is 5. The number of hydrogen-bond donors (Lipinski definition) is 5. The molecule has 3 rings (SSSR count). The first kappa shape index (κ1) is 46.9. The maximum Gasteiger partial charge on any atom is 0.410 e. The van der Waals surface area contributed by atoms with Crippen LogP contribution in [0.3, 0.4) is 0 Å². The molecule has 3 aliphatic heterocycles. The van der Waals surface area contributed by atoms with Gasteiger partial charge in [0.1, 0.15) is 48.4 Å². The molecule has 6 atom stereocenters. The van der Waals surface area contributed by atoms with Gasteiger partial charge in [-0.05, 0) is 71.1 Å². The smallest absolute Gasteiger partial charge is 0.410 e. The number of rotatable bonds is 8. The first-order chi connectivity index (χ1) is 26.8. The number of carbonyl (C=O) groups excluding carboxylic acids is 8. The van der Waals surface area contributed by atoms with Crippen LogP contribution in [0.15, 0.2) is 0 Å². The molecule has 0 aromatic carbocycles. The second-order valence-corrected chi connectivity index (χ2v) is 16.3. The summed E-state index contributed by atoms with van der Waals surface area (Å²) in [5.41, 5.74) is -0.749. The third-order valence-electron chi connectivity index (χ3n) is 9.80. The SMILES string of the molecule is COC(=O)CNC(=O)[C@@H]1COCCCCOC[C@H](NC(=O)[C@@H]2CCCN2C(=O)[C@@H]2CCCN2C(=O)OC(C)(C)C)C(=O)N[C@@H](C(C)C)C(=O)N[C@@H](C(C)C)C(=O)N1. The summed E-state index contributed by atoms with van der Waals surface area (Å²) in [6, 6.07) is -6.43. The fraction of sp³-hybridized carbons (Fsp3) is 0.789. The van der Waals surface area contributed by atoms with Crippen LogP contribution in [-0.4, -0.2) is 152 Å². The molecule has 0 aromatic heterocycles. The van der Waals surface area contributed by atoms with Gasteiger partial charge in [-0.25, -0.2) is 4.79 Å². The Balaban J connectivity index is 1.79. The van der Waals surface area contributed by atoms with Gasteiger partial charge in [0.15, 0.2) is 0 Å². The molecule has 0 spiro atoms. The van der Waals surface area contributed by atoms with Crippen LogP contribution in [-0.2, 0) is 52.5 Å². The van der Waals surface area contributed by atoms with Crippen molar-refractivity contribution in [3.8, 4) is 0 Å². The summed E-state index contributed by atoms with van der Waals surface area (Å²) in [5.74, 6) is -5.32. The molecule has 0 bridgehead atoms. The van der Waals surface area contributed by atoms with Crippen LogP contribution < -0.4 is 26.6 Å². The molecule has 5 N–H and O–H groups in total. The van der Waals surface area contributed by atoms with Crippen LogP contribution in [0.25, 0.3) is 0 Å². The third kappa shape index (κ3) is 14.1. The first-order valence-corrected chi connectivity index (χ1v) is 19.9. The summed E-state index contributed by atoms with van der Waals surface area (Å²) < 4.78 is 21.6. The minimum absolute atomic E-state index is 0.170. The van der Waals surface area contributed by atoms with Crippen molar-refractivity contribution >= 4 is 47.5 Å². The Hall–Kier alpha value is -4.52. The molecule has 19 nitrogen and oxygen atoms in total. The van der Waals surface area contributed by atoms with Gasteiger partial charge >= 0.3 is 12.1 Å². The van der Waals surface area contributed by atoms with Crippen molar-refractivity contribution in [1.29, 1.82) is 0 Å². The third-order valence-corrected chi connectivity index (χ3v) is 9.80. The summed E-state index contributed by atoms with van der Waals surface area (Å²) in [4.78, 5) is 109. The molecule has 3 saturated heterocycles. The molecule has 0 unspecified atom stereocenters. The molecule has 3 aliphatic rings. The lowest BCUT2D eigenvalue weighted by atomic mass is 9.99. The number of likely N-dealkylation sites (tertiary alicyclic amines) is 2. The second kappa shape index (κ2) is 21.9. The maximum absolute atomic E-state index is 13.9. The lowest BCUT2D eigenvalue weighted by molar-refractivity contribution is -0.143. The van der Waals surface area contributed by atoms with Crippen molar-refractivity contribution in [2.75, 3.05) is 53.2 Å². The minimum Gasteiger partial charge on any atom is -0.468 e. The maximum atomic E-state index is 13.9. The predicted molar refractivity (Wildman–Crippen MR) is 204 cm³/mol. The molecular formula is C38H63N7O12. The van der Waals surface area contributed by atoms with E-state index in [2.05, 4.69) is 31.3 Å². The van der Waals surface area contributed by atoms with E-state index >= 15 is 0 Å². The number of methoxy groups -OCH3 is 1. The lowest BCUT2D eigenvalue weighted by Gasteiger charge is -2.33. The van der Waals surface area contributed by atoms with Gasteiger partial charge in [-0.2, -0.15) is 0 Å². The Bertz CT molecular complexity index is 1450. The summed E-state index contributed by atoms with van der Waals surface area (Å²) in [6.45, 7) is 12.1. The summed E-state index contributed by atoms with van der Waals surface area (Å²) in [5, 5.41) is 13.2. The number of ether oxygens (including phenoxy) is 4. The molecule has 322 valence electrons. The van der Waals surface area contributed by atoms with E-state index in [1.807, 2.05) is 0 Å². The molecule has 57 heavy (non-hydrogen) atoms. The lowest BCUT2D eigenvalue weighted by Crippen LogP contribution is -2.62. The molecule has 3 fully saturated rings. The van der Waals surface area contributed by atoms with Crippen molar-refractivity contribution < 1.29 is 57.3 Å². The Morgan fingerprint density at radius 2 is 1.30 bits per heavy atom. The highest BCUT2D eigenvalue weighted by Crippen LogP contribution is 2.26. The van der Waals surface area contributed by atoms with Crippen molar-refractivity contribution in [3.05, 3.63) is 0 Å². The van der Waals surface area contributed by atoms with Gasteiger partial charge in [0.2, 0.25) is 35.4 Å². The van der Waals surface area contributed by atoms with Gasteiger partial charge in [0.25, 0.3) is 0 Å². The van der Waals surface area contributed by atoms with Crippen molar-refractivity contribution in [2.45, 2.75) is 129 Å². The van der Waals surface area contributed by atoms with Gasteiger partial charge in [0, 0.05) is 26.3 Å². The standard InChI is InChI=1S/C38H63N7O12/c1-22(2)29-34(50)41-24(31(47)39-19-28(46)54-8)20-55-17-9-10-18-56-21-25(32(48)42-30(23(3)4)35(51)43-29)40-33(49)26-13-11-15-44(26)36(52)27-14-12-16-45(27)37(53)57-38(5,6)7/h22-27,29-30H,9-21H2,1-8H3,(H,39,47)(H,40,49)(H,41,50)(H,42,48)(H,43,51)/t24-,25-,26-,27-,29-,30-/m0/s1. The highest BCUT2D eigenvalue weighted by atomic mass is 16.6. The fourth-order valence-electron chi connectivity index (χ4n) is 6.68. The molecule has 19 heteroatoms. The number of carbonyl (C=O) groups is 8. The van der Waals surface area contributed by atoms with E-state index in [9.17, 15) is 38.4 Å². The molecular weight excluding hydrogens is 746 g/mol. The molecule has 0 radical (unpaired) electrons. The van der Waals surface area contributed by atoms with Gasteiger partial charge in [-0.1, -0.05) is 27.7 Å². The average molecular weight is 810 g/mol. The quantitative estimate of drug-likeness (QED) is 0.200. The van der Waals surface area contributed by atoms with E-state index in [1.165, 1.54) is 16.9 Å². The number of nitrogens with zero attached hydrogens (tertiary/aromatic N) is 2. The van der Waals surface area contributed by atoms with E-state index in [0.29, 0.717) is 51.6 Å². The van der Waals surface area contributed by atoms with E-state index in [1.54, 1.807) is 48.5 Å². The Morgan fingerprint density at radius 3 is 1.88 bits per heavy atom. The Morgan fingerprint density at radius 1 is 0.754 bits per heavy atom. The van der Waals surface area contributed by atoms with Crippen LogP contribution in [0.1, 0.15) is 87.0 Å². The normalized spacial score (nSPS) is 26.1. The zero-order valence-corrected chi connectivity index (χ0v) is 34.6. The average Bonchev–Trinajstić information content (AvgIpc) is 3.84. The van der Waals surface area contributed by atoms with E-state index < -0.39 is 102 Å². The second-order valence-electron chi connectivity index (χ2n) is 16.3. The Labute approximate surface area is 334 Å². The van der Waals surface area contributed by atoms with Crippen LogP contribution in [0.4, 0.5) is 4.79 Å². The zero-order valence-electron chi connectivity index (χ0n) is 34.6. The molecule has 3 heterocycles. The van der Waals surface area contributed by atoms with Crippen molar-refractivity contribution in [2.24, 2.45) is 11.8 Å². The van der Waals surface area contributed by atoms with Gasteiger partial charge in [-0.3, -0.25) is 38.5 Å². The molecule has 0 saturated carbocycles. The monoisotopic (exact) mass is 809 g/mol. The number of esters is 1. The van der Waals surface area contributed by atoms with E-state index in [4.69, 9.17) is 14.2 Å².